The van der Waals surface area contributed by atoms with Crippen molar-refractivity contribution in [3.8, 4) is 5.75 Å². The molecule has 12 nitrogen and oxygen atoms in total. The zero-order chi connectivity index (χ0) is 25.0. The summed E-state index contributed by atoms with van der Waals surface area (Å²) in [5.41, 5.74) is 0.696. The molecule has 188 valence electrons. The van der Waals surface area contributed by atoms with Crippen LogP contribution in [0.1, 0.15) is 43.7 Å². The average Bonchev–Trinajstić information content (AvgIpc) is 2.83. The van der Waals surface area contributed by atoms with E-state index in [9.17, 15) is 14.7 Å². The standard InChI is InChI=1S/C23H30N6O6/c1-23(2,32)35-11-5-10-34-16-7-8-24-18(12-16)26-22(31)29-15-6-4-9-28(14-15)17-13-25-19(21(30)33-3)27-20(17)29/h7-8,12-13,15,32H,4-6,9-11,14H2,1-3H3,(H,24,26,31). The first-order valence-corrected chi connectivity index (χ1v) is 11.5. The number of fused-ring (bicyclic) bond motifs is 4. The molecule has 0 saturated carbocycles. The molecule has 2 aromatic heterocycles. The number of urea groups is 1. The van der Waals surface area contributed by atoms with Gasteiger partial charge in [0.25, 0.3) is 0 Å². The Morgan fingerprint density at radius 2 is 2.11 bits per heavy atom. The van der Waals surface area contributed by atoms with Gasteiger partial charge in [0, 0.05) is 31.8 Å². The van der Waals surface area contributed by atoms with Gasteiger partial charge in [-0.1, -0.05) is 0 Å². The number of hydrogen-bond acceptors (Lipinski definition) is 10. The lowest BCUT2D eigenvalue weighted by Crippen LogP contribution is -2.56. The molecular formula is C23H30N6O6. The Hall–Kier alpha value is -3.51. The molecule has 4 rings (SSSR count). The molecule has 1 fully saturated rings. The van der Waals surface area contributed by atoms with E-state index in [4.69, 9.17) is 14.2 Å². The van der Waals surface area contributed by atoms with Crippen LogP contribution in [0.15, 0.2) is 24.5 Å². The summed E-state index contributed by atoms with van der Waals surface area (Å²) in [6.07, 6.45) is 5.42. The second-order valence-corrected chi connectivity index (χ2v) is 8.81. The molecule has 2 bridgehead atoms. The highest BCUT2D eigenvalue weighted by molar-refractivity contribution is 6.04. The van der Waals surface area contributed by atoms with Crippen molar-refractivity contribution in [2.24, 2.45) is 0 Å². The Labute approximate surface area is 203 Å². The molecule has 2 amide bonds. The fraction of sp³-hybridized carbons (Fsp3) is 0.522. The van der Waals surface area contributed by atoms with E-state index in [0.717, 1.165) is 19.4 Å². The van der Waals surface area contributed by atoms with Crippen LogP contribution in [0, 0.1) is 0 Å². The summed E-state index contributed by atoms with van der Waals surface area (Å²) in [5.74, 6) is -0.725. The Morgan fingerprint density at radius 1 is 1.29 bits per heavy atom. The molecular weight excluding hydrogens is 456 g/mol. The summed E-state index contributed by atoms with van der Waals surface area (Å²) >= 11 is 0. The third kappa shape index (κ3) is 5.95. The Morgan fingerprint density at radius 3 is 2.89 bits per heavy atom. The lowest BCUT2D eigenvalue weighted by atomic mass is 10.0. The minimum Gasteiger partial charge on any atom is -0.493 e. The largest absolute Gasteiger partial charge is 0.493 e. The molecule has 2 aliphatic rings. The van der Waals surface area contributed by atoms with Gasteiger partial charge in [-0.15, -0.1) is 0 Å². The number of nitrogens with zero attached hydrogens (tertiary/aromatic N) is 5. The fourth-order valence-electron chi connectivity index (χ4n) is 4.09. The maximum absolute atomic E-state index is 13.4. The van der Waals surface area contributed by atoms with Crippen LogP contribution in [0.5, 0.6) is 5.75 Å². The van der Waals surface area contributed by atoms with Crippen LogP contribution in [-0.4, -0.2) is 77.3 Å². The highest BCUT2D eigenvalue weighted by Crippen LogP contribution is 2.37. The Bertz CT molecular complexity index is 1070. The van der Waals surface area contributed by atoms with Crippen molar-refractivity contribution in [2.45, 2.75) is 44.9 Å². The molecule has 1 unspecified atom stereocenters. The van der Waals surface area contributed by atoms with Gasteiger partial charge in [-0.25, -0.2) is 24.5 Å². The fourth-order valence-corrected chi connectivity index (χ4v) is 4.09. The number of hydrogen-bond donors (Lipinski definition) is 2. The summed E-state index contributed by atoms with van der Waals surface area (Å²) in [6.45, 7) is 5.35. The van der Waals surface area contributed by atoms with Crippen LogP contribution in [0.3, 0.4) is 0 Å². The quantitative estimate of drug-likeness (QED) is 0.324. The van der Waals surface area contributed by atoms with E-state index >= 15 is 0 Å². The minimum absolute atomic E-state index is 0.104. The number of amides is 2. The van der Waals surface area contributed by atoms with E-state index in [0.29, 0.717) is 49.3 Å². The van der Waals surface area contributed by atoms with Crippen molar-refractivity contribution < 1.29 is 28.9 Å². The summed E-state index contributed by atoms with van der Waals surface area (Å²) < 4.78 is 15.7. The van der Waals surface area contributed by atoms with E-state index < -0.39 is 17.8 Å². The second kappa shape index (κ2) is 10.4. The topological polar surface area (TPSA) is 139 Å². The smallest absolute Gasteiger partial charge is 0.376 e. The summed E-state index contributed by atoms with van der Waals surface area (Å²) in [4.78, 5) is 41.8. The van der Waals surface area contributed by atoms with E-state index in [2.05, 4.69) is 25.2 Å². The van der Waals surface area contributed by atoms with Crippen molar-refractivity contribution in [3.63, 3.8) is 0 Å². The number of nitrogens with one attached hydrogen (secondary N) is 1. The van der Waals surface area contributed by atoms with Gasteiger partial charge in [0.1, 0.15) is 11.6 Å². The predicted molar refractivity (Wildman–Crippen MR) is 127 cm³/mol. The number of esters is 1. The average molecular weight is 487 g/mol. The van der Waals surface area contributed by atoms with E-state index in [1.54, 1.807) is 43.3 Å². The van der Waals surface area contributed by atoms with Crippen LogP contribution in [0.4, 0.5) is 22.1 Å². The highest BCUT2D eigenvalue weighted by atomic mass is 16.6. The van der Waals surface area contributed by atoms with Crippen LogP contribution < -0.4 is 19.9 Å². The molecule has 2 N–H and O–H groups in total. The normalized spacial score (nSPS) is 17.0. The monoisotopic (exact) mass is 486 g/mol. The number of aromatic nitrogens is 3. The van der Waals surface area contributed by atoms with Gasteiger partial charge in [-0.2, -0.15) is 0 Å². The van der Waals surface area contributed by atoms with E-state index in [1.165, 1.54) is 7.11 Å². The Kier molecular flexibility index (Phi) is 7.31. The molecule has 4 heterocycles. The SMILES string of the molecule is COC(=O)c1ncc2c(n1)N(C(=O)Nc1cc(OCCCOC(C)(C)O)ccn1)C1CCCN2C1. The third-order valence-electron chi connectivity index (χ3n) is 5.65. The predicted octanol–water partition coefficient (Wildman–Crippen LogP) is 2.19. The molecule has 35 heavy (non-hydrogen) atoms. The molecule has 1 saturated heterocycles. The molecule has 12 heteroatoms. The highest BCUT2D eigenvalue weighted by Gasteiger charge is 2.39. The van der Waals surface area contributed by atoms with Crippen LogP contribution in [-0.2, 0) is 9.47 Å². The zero-order valence-corrected chi connectivity index (χ0v) is 20.1. The number of piperidine rings is 1. The summed E-state index contributed by atoms with van der Waals surface area (Å²) in [7, 11) is 1.26. The number of aliphatic hydroxyl groups is 1. The molecule has 1 atom stereocenters. The first-order chi connectivity index (χ1) is 16.7. The van der Waals surface area contributed by atoms with Crippen molar-refractivity contribution in [1.82, 2.24) is 15.0 Å². The first kappa shape index (κ1) is 24.6. The van der Waals surface area contributed by atoms with Gasteiger partial charge in [0.15, 0.2) is 11.6 Å². The summed E-state index contributed by atoms with van der Waals surface area (Å²) in [6, 6.07) is 2.81. The second-order valence-electron chi connectivity index (χ2n) is 8.81. The van der Waals surface area contributed by atoms with Gasteiger partial charge in [-0.05, 0) is 32.8 Å². The first-order valence-electron chi connectivity index (χ1n) is 11.5. The number of pyridine rings is 1. The van der Waals surface area contributed by atoms with Gasteiger partial charge in [0.2, 0.25) is 5.82 Å². The number of carbonyl (C=O) groups is 2. The van der Waals surface area contributed by atoms with Gasteiger partial charge in [-0.3, -0.25) is 10.2 Å². The molecule has 2 aromatic rings. The Balaban J connectivity index is 1.46. The van der Waals surface area contributed by atoms with Gasteiger partial charge in [0.05, 0.1) is 38.2 Å². The minimum atomic E-state index is -1.18. The number of ether oxygens (including phenoxy) is 3. The molecule has 0 spiro atoms. The van der Waals surface area contributed by atoms with Crippen LogP contribution >= 0.6 is 0 Å². The summed E-state index contributed by atoms with van der Waals surface area (Å²) in [5, 5.41) is 12.4. The van der Waals surface area contributed by atoms with Crippen molar-refractivity contribution in [1.29, 1.82) is 0 Å². The number of methoxy groups -OCH3 is 1. The molecule has 0 aliphatic carbocycles. The van der Waals surface area contributed by atoms with Crippen molar-refractivity contribution in [3.05, 3.63) is 30.4 Å². The van der Waals surface area contributed by atoms with E-state index in [1.807, 2.05) is 0 Å². The van der Waals surface area contributed by atoms with Crippen molar-refractivity contribution >= 4 is 29.3 Å². The van der Waals surface area contributed by atoms with Crippen LogP contribution in [0.2, 0.25) is 0 Å². The number of carbonyl (C=O) groups excluding carboxylic acids is 2. The van der Waals surface area contributed by atoms with Gasteiger partial charge < -0.3 is 24.2 Å². The number of rotatable bonds is 8. The lowest BCUT2D eigenvalue weighted by Gasteiger charge is -2.45. The zero-order valence-electron chi connectivity index (χ0n) is 20.1. The maximum Gasteiger partial charge on any atom is 0.376 e. The van der Waals surface area contributed by atoms with Gasteiger partial charge >= 0.3 is 12.0 Å². The van der Waals surface area contributed by atoms with E-state index in [-0.39, 0.29) is 11.9 Å². The molecule has 2 aliphatic heterocycles. The third-order valence-corrected chi connectivity index (χ3v) is 5.65. The number of anilines is 3. The maximum atomic E-state index is 13.4. The van der Waals surface area contributed by atoms with Crippen LogP contribution in [0.25, 0.3) is 0 Å². The molecule has 0 radical (unpaired) electrons. The van der Waals surface area contributed by atoms with Crippen molar-refractivity contribution in [2.75, 3.05) is 48.5 Å². The lowest BCUT2D eigenvalue weighted by molar-refractivity contribution is -0.176. The molecule has 0 aromatic carbocycles.